The van der Waals surface area contributed by atoms with E-state index in [2.05, 4.69) is 23.0 Å². The molecule has 1 aromatic carbocycles. The first-order chi connectivity index (χ1) is 12.0. The molecule has 0 saturated carbocycles. The Morgan fingerprint density at radius 3 is 2.56 bits per heavy atom. The maximum Gasteiger partial charge on any atom is 0.123 e. The molecule has 1 fully saturated rings. The third-order valence-corrected chi connectivity index (χ3v) is 5.17. The van der Waals surface area contributed by atoms with Crippen LogP contribution in [-0.4, -0.2) is 29.5 Å². The van der Waals surface area contributed by atoms with Crippen LogP contribution in [0.15, 0.2) is 30.3 Å². The highest BCUT2D eigenvalue weighted by molar-refractivity contribution is 5.34. The summed E-state index contributed by atoms with van der Waals surface area (Å²) in [5.41, 5.74) is 10.0. The minimum absolute atomic E-state index is 0.135. The van der Waals surface area contributed by atoms with Gasteiger partial charge in [0.1, 0.15) is 11.6 Å². The predicted molar refractivity (Wildman–Crippen MR) is 101 cm³/mol. The summed E-state index contributed by atoms with van der Waals surface area (Å²) < 4.78 is 14.0. The Kier molecular flexibility index (Phi) is 5.69. The number of rotatable bonds is 6. The number of benzene rings is 1. The largest absolute Gasteiger partial charge is 0.384 e. The van der Waals surface area contributed by atoms with Crippen molar-refractivity contribution in [2.75, 3.05) is 19.3 Å². The summed E-state index contributed by atoms with van der Waals surface area (Å²) >= 11 is 0. The van der Waals surface area contributed by atoms with Crippen LogP contribution in [0.5, 0.6) is 0 Å². The summed E-state index contributed by atoms with van der Waals surface area (Å²) in [6.07, 6.45) is 6.15. The zero-order valence-electron chi connectivity index (χ0n) is 15.3. The molecule has 1 saturated heterocycles. The van der Waals surface area contributed by atoms with E-state index in [1.54, 1.807) is 12.1 Å². The number of nitrogen functional groups attached to an aromatic ring is 1. The molecular weight excluding hydrogens is 313 g/mol. The summed E-state index contributed by atoms with van der Waals surface area (Å²) in [6.45, 7) is 3.20. The number of aromatic nitrogens is 1. The second-order valence-electron chi connectivity index (χ2n) is 7.34. The Morgan fingerprint density at radius 1 is 1.12 bits per heavy atom. The second kappa shape index (κ2) is 7.96. The highest BCUT2D eigenvalue weighted by Gasteiger charge is 2.20. The van der Waals surface area contributed by atoms with Gasteiger partial charge in [-0.05, 0) is 100.0 Å². The van der Waals surface area contributed by atoms with E-state index in [-0.39, 0.29) is 5.82 Å². The zero-order valence-corrected chi connectivity index (χ0v) is 15.3. The molecule has 1 aromatic heterocycles. The Balaban J connectivity index is 1.62. The molecule has 3 nitrogen and oxygen atoms in total. The number of hydrogen-bond donors (Lipinski definition) is 1. The monoisotopic (exact) mass is 341 g/mol. The average molecular weight is 341 g/mol. The van der Waals surface area contributed by atoms with E-state index >= 15 is 0 Å². The molecule has 3 rings (SSSR count). The van der Waals surface area contributed by atoms with Gasteiger partial charge in [-0.25, -0.2) is 9.37 Å². The maximum absolute atomic E-state index is 14.0. The van der Waals surface area contributed by atoms with Crippen LogP contribution < -0.4 is 5.73 Å². The molecular formula is C21H28FN3. The number of hydrogen-bond acceptors (Lipinski definition) is 3. The molecule has 134 valence electrons. The fraction of sp³-hybridized carbons (Fsp3) is 0.476. The van der Waals surface area contributed by atoms with E-state index in [4.69, 9.17) is 5.73 Å². The maximum atomic E-state index is 14.0. The number of likely N-dealkylation sites (tertiary alicyclic amines) is 1. The van der Waals surface area contributed by atoms with Crippen molar-refractivity contribution in [3.8, 4) is 0 Å². The molecule has 1 aliphatic heterocycles. The third kappa shape index (κ3) is 5.02. The molecule has 1 atom stereocenters. The Hall–Kier alpha value is -1.94. The third-order valence-electron chi connectivity index (χ3n) is 5.17. The van der Waals surface area contributed by atoms with Gasteiger partial charge in [-0.15, -0.1) is 0 Å². The van der Waals surface area contributed by atoms with Crippen LogP contribution in [0.25, 0.3) is 0 Å². The summed E-state index contributed by atoms with van der Waals surface area (Å²) in [4.78, 5) is 6.79. The van der Waals surface area contributed by atoms with Gasteiger partial charge in [0.25, 0.3) is 0 Å². The molecule has 25 heavy (non-hydrogen) atoms. The van der Waals surface area contributed by atoms with Crippen LogP contribution in [0.1, 0.15) is 41.6 Å². The number of pyridine rings is 1. The first kappa shape index (κ1) is 17.9. The molecule has 0 amide bonds. The summed E-state index contributed by atoms with van der Waals surface area (Å²) in [7, 11) is 2.19. The fourth-order valence-corrected chi connectivity index (χ4v) is 3.85. The van der Waals surface area contributed by atoms with Crippen molar-refractivity contribution in [3.63, 3.8) is 0 Å². The number of anilines is 1. The SMILES string of the molecule is Cc1cc(N)nc(CCc2cc(F)cc(CC[C@@H]3CCCN3C)c2)c1. The molecule has 0 unspecified atom stereocenters. The molecule has 1 aliphatic rings. The Bertz CT molecular complexity index is 709. The summed E-state index contributed by atoms with van der Waals surface area (Å²) in [5.74, 6) is 0.416. The van der Waals surface area contributed by atoms with Gasteiger partial charge in [-0.3, -0.25) is 0 Å². The molecule has 2 heterocycles. The van der Waals surface area contributed by atoms with Crippen molar-refractivity contribution in [1.29, 1.82) is 0 Å². The number of aryl methyl sites for hydroxylation is 4. The molecule has 2 N–H and O–H groups in total. The van der Waals surface area contributed by atoms with Crippen LogP contribution >= 0.6 is 0 Å². The number of halogens is 1. The van der Waals surface area contributed by atoms with Crippen molar-refractivity contribution < 1.29 is 4.39 Å². The average Bonchev–Trinajstić information content (AvgIpc) is 2.95. The number of nitrogens with zero attached hydrogens (tertiary/aromatic N) is 2. The molecule has 0 aliphatic carbocycles. The second-order valence-corrected chi connectivity index (χ2v) is 7.34. The van der Waals surface area contributed by atoms with Gasteiger partial charge in [-0.1, -0.05) is 6.07 Å². The van der Waals surface area contributed by atoms with Crippen molar-refractivity contribution in [2.45, 2.75) is 51.5 Å². The quantitative estimate of drug-likeness (QED) is 0.866. The van der Waals surface area contributed by atoms with E-state index in [0.29, 0.717) is 11.9 Å². The Labute approximate surface area is 150 Å². The van der Waals surface area contributed by atoms with E-state index < -0.39 is 0 Å². The van der Waals surface area contributed by atoms with Crippen molar-refractivity contribution >= 4 is 5.82 Å². The fourth-order valence-electron chi connectivity index (χ4n) is 3.85. The Morgan fingerprint density at radius 2 is 1.88 bits per heavy atom. The van der Waals surface area contributed by atoms with Crippen molar-refractivity contribution in [1.82, 2.24) is 9.88 Å². The van der Waals surface area contributed by atoms with Crippen LogP contribution in [-0.2, 0) is 19.3 Å². The van der Waals surface area contributed by atoms with Gasteiger partial charge in [0.05, 0.1) is 0 Å². The number of nitrogens with two attached hydrogens (primary N) is 1. The highest BCUT2D eigenvalue weighted by Crippen LogP contribution is 2.21. The predicted octanol–water partition coefficient (Wildman–Crippen LogP) is 3.92. The molecule has 0 bridgehead atoms. The normalized spacial score (nSPS) is 18.0. The van der Waals surface area contributed by atoms with Gasteiger partial charge in [0.15, 0.2) is 0 Å². The molecule has 2 aromatic rings. The van der Waals surface area contributed by atoms with E-state index in [1.807, 2.05) is 19.1 Å². The first-order valence-corrected chi connectivity index (χ1v) is 9.21. The smallest absolute Gasteiger partial charge is 0.123 e. The minimum atomic E-state index is -0.135. The zero-order chi connectivity index (χ0) is 17.8. The van der Waals surface area contributed by atoms with E-state index in [9.17, 15) is 4.39 Å². The lowest BCUT2D eigenvalue weighted by Gasteiger charge is -2.19. The van der Waals surface area contributed by atoms with Crippen molar-refractivity contribution in [3.05, 3.63) is 58.5 Å². The van der Waals surface area contributed by atoms with Gasteiger partial charge < -0.3 is 10.6 Å². The van der Waals surface area contributed by atoms with Crippen LogP contribution in [0, 0.1) is 12.7 Å². The van der Waals surface area contributed by atoms with Gasteiger partial charge in [-0.2, -0.15) is 0 Å². The van der Waals surface area contributed by atoms with Gasteiger partial charge in [0.2, 0.25) is 0 Å². The lowest BCUT2D eigenvalue weighted by atomic mass is 9.99. The molecule has 0 spiro atoms. The highest BCUT2D eigenvalue weighted by atomic mass is 19.1. The molecule has 0 radical (unpaired) electrons. The van der Waals surface area contributed by atoms with Gasteiger partial charge in [0, 0.05) is 11.7 Å². The lowest BCUT2D eigenvalue weighted by molar-refractivity contribution is 0.296. The van der Waals surface area contributed by atoms with Crippen LogP contribution in [0.4, 0.5) is 10.2 Å². The molecule has 4 heteroatoms. The van der Waals surface area contributed by atoms with Gasteiger partial charge >= 0.3 is 0 Å². The van der Waals surface area contributed by atoms with E-state index in [1.165, 1.54) is 19.4 Å². The van der Waals surface area contributed by atoms with Crippen molar-refractivity contribution in [2.24, 2.45) is 0 Å². The van der Waals surface area contributed by atoms with Crippen LogP contribution in [0.2, 0.25) is 0 Å². The lowest BCUT2D eigenvalue weighted by Crippen LogP contribution is -2.25. The summed E-state index contributed by atoms with van der Waals surface area (Å²) in [5, 5.41) is 0. The topological polar surface area (TPSA) is 42.1 Å². The van der Waals surface area contributed by atoms with E-state index in [0.717, 1.165) is 48.1 Å². The van der Waals surface area contributed by atoms with Crippen LogP contribution in [0.3, 0.4) is 0 Å². The summed E-state index contributed by atoms with van der Waals surface area (Å²) in [6, 6.07) is 10.0. The first-order valence-electron chi connectivity index (χ1n) is 9.21. The standard InChI is InChI=1S/C21H28FN3/c1-15-10-19(24-21(23)11-15)7-5-16-12-17(14-18(22)13-16)6-8-20-4-3-9-25(20)2/h10-14,20H,3-9H2,1-2H3,(H2,23,24)/t20-/m0/s1. The minimum Gasteiger partial charge on any atom is -0.384 e.